The Morgan fingerprint density at radius 1 is 1.28 bits per heavy atom. The molecular formula is C10H16N2O5S. The zero-order valence-electron chi connectivity index (χ0n) is 9.64. The van der Waals surface area contributed by atoms with E-state index in [2.05, 4.69) is 4.98 Å². The van der Waals surface area contributed by atoms with Crippen LogP contribution in [0.4, 0.5) is 0 Å². The van der Waals surface area contributed by atoms with Gasteiger partial charge in [-0.2, -0.15) is 4.98 Å². The predicted octanol–water partition coefficient (Wildman–Crippen LogP) is -1.96. The largest absolute Gasteiger partial charge is 0.394 e. The Kier molecular flexibility index (Phi) is 6.30. The van der Waals surface area contributed by atoms with Gasteiger partial charge in [0.25, 0.3) is 5.56 Å². The number of aliphatic hydroxyl groups excluding tert-OH is 4. The third-order valence-electron chi connectivity index (χ3n) is 2.08. The summed E-state index contributed by atoms with van der Waals surface area (Å²) in [5.74, 6) is 0.183. The summed E-state index contributed by atoms with van der Waals surface area (Å²) >= 11 is 1.10. The Morgan fingerprint density at radius 3 is 2.56 bits per heavy atom. The van der Waals surface area contributed by atoms with Crippen molar-refractivity contribution in [1.29, 1.82) is 0 Å². The number of rotatable bonds is 7. The van der Waals surface area contributed by atoms with Crippen LogP contribution in [0, 0.1) is 0 Å². The van der Waals surface area contributed by atoms with Crippen molar-refractivity contribution >= 4 is 11.8 Å². The molecule has 102 valence electrons. The highest BCUT2D eigenvalue weighted by Gasteiger charge is 2.10. The van der Waals surface area contributed by atoms with E-state index in [1.165, 1.54) is 16.8 Å². The Hall–Kier alpha value is -0.930. The topological polar surface area (TPSA) is 116 Å². The Bertz CT molecular complexity index is 425. The molecule has 0 aliphatic carbocycles. The lowest BCUT2D eigenvalue weighted by Gasteiger charge is -2.15. The quantitative estimate of drug-likeness (QED) is 0.337. The molecule has 18 heavy (non-hydrogen) atoms. The average molecular weight is 276 g/mol. The molecule has 0 amide bonds. The minimum Gasteiger partial charge on any atom is -0.394 e. The third-order valence-corrected chi connectivity index (χ3v) is 3.22. The number of hydrogen-bond acceptors (Lipinski definition) is 7. The van der Waals surface area contributed by atoms with Crippen LogP contribution in [0.5, 0.6) is 0 Å². The molecule has 1 heterocycles. The summed E-state index contributed by atoms with van der Waals surface area (Å²) in [5, 5.41) is 36.4. The van der Waals surface area contributed by atoms with Gasteiger partial charge in [0, 0.05) is 18.0 Å². The van der Waals surface area contributed by atoms with Crippen molar-refractivity contribution in [2.45, 2.75) is 23.9 Å². The Morgan fingerprint density at radius 2 is 1.94 bits per heavy atom. The van der Waals surface area contributed by atoms with E-state index < -0.39 is 24.4 Å². The minimum atomic E-state index is -0.948. The van der Waals surface area contributed by atoms with Crippen molar-refractivity contribution in [2.24, 2.45) is 0 Å². The van der Waals surface area contributed by atoms with Crippen LogP contribution in [0.25, 0.3) is 0 Å². The first-order valence-electron chi connectivity index (χ1n) is 5.35. The first-order chi connectivity index (χ1) is 8.56. The standard InChI is InChI=1S/C10H16N2O5S/c13-4-7(15)3-12-2-1-9(17)11-10(12)18-6-8(16)5-14/h1-2,7-8,13-16H,3-6H2. The highest BCUT2D eigenvalue weighted by molar-refractivity contribution is 7.99. The maximum Gasteiger partial charge on any atom is 0.273 e. The van der Waals surface area contributed by atoms with Gasteiger partial charge in [-0.25, -0.2) is 0 Å². The van der Waals surface area contributed by atoms with E-state index in [-0.39, 0.29) is 18.9 Å². The summed E-state index contributed by atoms with van der Waals surface area (Å²) in [6, 6.07) is 1.25. The van der Waals surface area contributed by atoms with E-state index in [4.69, 9.17) is 10.2 Å². The molecule has 0 radical (unpaired) electrons. The summed E-state index contributed by atoms with van der Waals surface area (Å²) < 4.78 is 1.51. The summed E-state index contributed by atoms with van der Waals surface area (Å²) in [7, 11) is 0. The zero-order chi connectivity index (χ0) is 13.5. The highest BCUT2D eigenvalue weighted by Crippen LogP contribution is 2.15. The van der Waals surface area contributed by atoms with Crippen molar-refractivity contribution in [1.82, 2.24) is 9.55 Å². The molecule has 2 unspecified atom stereocenters. The molecular weight excluding hydrogens is 260 g/mol. The van der Waals surface area contributed by atoms with E-state index in [1.54, 1.807) is 0 Å². The van der Waals surface area contributed by atoms with Gasteiger partial charge >= 0.3 is 0 Å². The van der Waals surface area contributed by atoms with Crippen LogP contribution in [0.15, 0.2) is 22.2 Å². The Labute approximate surface area is 108 Å². The van der Waals surface area contributed by atoms with Gasteiger partial charge in [-0.05, 0) is 0 Å². The van der Waals surface area contributed by atoms with Gasteiger partial charge in [0.05, 0.1) is 32.0 Å². The fourth-order valence-corrected chi connectivity index (χ4v) is 2.08. The fourth-order valence-electron chi connectivity index (χ4n) is 1.18. The molecule has 0 aliphatic heterocycles. The highest BCUT2D eigenvalue weighted by atomic mass is 32.2. The van der Waals surface area contributed by atoms with Crippen molar-refractivity contribution < 1.29 is 20.4 Å². The van der Waals surface area contributed by atoms with Crippen LogP contribution in [0.3, 0.4) is 0 Å². The summed E-state index contributed by atoms with van der Waals surface area (Å²) in [5.41, 5.74) is -0.425. The second-order valence-corrected chi connectivity index (χ2v) is 4.67. The van der Waals surface area contributed by atoms with Crippen LogP contribution >= 0.6 is 11.8 Å². The zero-order valence-corrected chi connectivity index (χ0v) is 10.5. The molecule has 2 atom stereocenters. The maximum absolute atomic E-state index is 11.2. The van der Waals surface area contributed by atoms with Crippen LogP contribution in [0.1, 0.15) is 0 Å². The summed E-state index contributed by atoms with van der Waals surface area (Å²) in [4.78, 5) is 14.9. The first-order valence-corrected chi connectivity index (χ1v) is 6.33. The number of nitrogens with zero attached hydrogens (tertiary/aromatic N) is 2. The van der Waals surface area contributed by atoms with Gasteiger partial charge in [0.2, 0.25) is 0 Å². The van der Waals surface area contributed by atoms with Crippen LogP contribution < -0.4 is 5.56 Å². The van der Waals surface area contributed by atoms with Crippen molar-refractivity contribution in [3.63, 3.8) is 0 Å². The normalized spacial score (nSPS) is 14.4. The van der Waals surface area contributed by atoms with E-state index >= 15 is 0 Å². The number of aliphatic hydroxyl groups is 4. The molecule has 4 N–H and O–H groups in total. The monoisotopic (exact) mass is 276 g/mol. The molecule has 1 aromatic rings. The van der Waals surface area contributed by atoms with Crippen LogP contribution in [0.2, 0.25) is 0 Å². The van der Waals surface area contributed by atoms with Gasteiger partial charge in [-0.3, -0.25) is 4.79 Å². The molecule has 0 fully saturated rings. The van der Waals surface area contributed by atoms with E-state index in [0.29, 0.717) is 5.16 Å². The van der Waals surface area contributed by atoms with Crippen molar-refractivity contribution in [2.75, 3.05) is 19.0 Å². The van der Waals surface area contributed by atoms with Gasteiger partial charge < -0.3 is 25.0 Å². The molecule has 0 bridgehead atoms. The number of aromatic nitrogens is 2. The smallest absolute Gasteiger partial charge is 0.273 e. The fraction of sp³-hybridized carbons (Fsp3) is 0.600. The minimum absolute atomic E-state index is 0.0985. The lowest BCUT2D eigenvalue weighted by Crippen LogP contribution is -2.24. The second-order valence-electron chi connectivity index (χ2n) is 3.68. The van der Waals surface area contributed by atoms with Crippen molar-refractivity contribution in [3.05, 3.63) is 22.6 Å². The number of hydrogen-bond donors (Lipinski definition) is 4. The lowest BCUT2D eigenvalue weighted by molar-refractivity contribution is 0.0785. The Balaban J connectivity index is 2.79. The molecule has 0 saturated carbocycles. The SMILES string of the molecule is O=c1ccn(CC(O)CO)c(SCC(O)CO)n1. The third kappa shape index (κ3) is 4.75. The molecule has 1 aromatic heterocycles. The van der Waals surface area contributed by atoms with Gasteiger partial charge in [0.1, 0.15) is 0 Å². The summed E-state index contributed by atoms with van der Waals surface area (Å²) in [6.45, 7) is -0.667. The predicted molar refractivity (Wildman–Crippen MR) is 65.4 cm³/mol. The molecule has 8 heteroatoms. The lowest BCUT2D eigenvalue weighted by atomic mass is 10.4. The molecule has 7 nitrogen and oxygen atoms in total. The molecule has 1 rings (SSSR count). The van der Waals surface area contributed by atoms with Crippen molar-refractivity contribution in [3.8, 4) is 0 Å². The first kappa shape index (κ1) is 15.1. The van der Waals surface area contributed by atoms with E-state index in [9.17, 15) is 15.0 Å². The van der Waals surface area contributed by atoms with Gasteiger partial charge in [0.15, 0.2) is 5.16 Å². The molecule has 0 aliphatic rings. The average Bonchev–Trinajstić information content (AvgIpc) is 2.38. The number of thioether (sulfide) groups is 1. The maximum atomic E-state index is 11.2. The van der Waals surface area contributed by atoms with E-state index in [0.717, 1.165) is 11.8 Å². The van der Waals surface area contributed by atoms with Crippen LogP contribution in [-0.2, 0) is 6.54 Å². The van der Waals surface area contributed by atoms with Crippen LogP contribution in [-0.4, -0.2) is 61.2 Å². The second kappa shape index (κ2) is 7.49. The van der Waals surface area contributed by atoms with Gasteiger partial charge in [-0.15, -0.1) is 0 Å². The van der Waals surface area contributed by atoms with E-state index in [1.807, 2.05) is 0 Å². The molecule has 0 spiro atoms. The molecule has 0 saturated heterocycles. The van der Waals surface area contributed by atoms with Gasteiger partial charge in [-0.1, -0.05) is 11.8 Å². The molecule has 0 aromatic carbocycles. The summed E-state index contributed by atoms with van der Waals surface area (Å²) in [6.07, 6.45) is -0.387.